The zero-order chi connectivity index (χ0) is 30.1. The van der Waals surface area contributed by atoms with Gasteiger partial charge in [-0.1, -0.05) is 0 Å². The zero-order valence-electron chi connectivity index (χ0n) is 22.4. The van der Waals surface area contributed by atoms with Gasteiger partial charge in [0.1, 0.15) is 17.6 Å². The van der Waals surface area contributed by atoms with E-state index >= 15 is 0 Å². The molecule has 2 heterocycles. The maximum absolute atomic E-state index is 13.8. The van der Waals surface area contributed by atoms with E-state index in [1.54, 1.807) is 7.05 Å². The Hall–Kier alpha value is -5.06. The topological polar surface area (TPSA) is 130 Å². The molecule has 1 aliphatic heterocycles. The molecule has 0 saturated carbocycles. The lowest BCUT2D eigenvalue weighted by Crippen LogP contribution is -2.47. The van der Waals surface area contributed by atoms with E-state index in [1.165, 1.54) is 52.9 Å². The van der Waals surface area contributed by atoms with Gasteiger partial charge in [-0.05, 0) is 30.3 Å². The highest BCUT2D eigenvalue weighted by molar-refractivity contribution is 6.13. The molecule has 2 aromatic carbocycles. The van der Waals surface area contributed by atoms with Crippen LogP contribution in [0.25, 0.3) is 0 Å². The average molecular weight is 571 g/mol. The SMILES string of the molecule is COc1ccc(C(=O)Nc2cnn3c2C(=O)N(c2ccc(C(F)(F)F)c(OC)c2)CC3CN(C)C(C)=O)cc1C#N. The number of hydrogen-bond acceptors (Lipinski definition) is 7. The number of nitrogens with zero attached hydrogens (tertiary/aromatic N) is 5. The fraction of sp³-hybridized carbons (Fsp3) is 0.296. The molecule has 4 rings (SSSR count). The van der Waals surface area contributed by atoms with Gasteiger partial charge in [0.2, 0.25) is 5.91 Å². The quantitative estimate of drug-likeness (QED) is 0.458. The van der Waals surface area contributed by atoms with Crippen LogP contribution in [0.15, 0.2) is 42.6 Å². The lowest BCUT2D eigenvalue weighted by Gasteiger charge is -2.35. The lowest BCUT2D eigenvalue weighted by molar-refractivity contribution is -0.138. The first-order chi connectivity index (χ1) is 19.4. The van der Waals surface area contributed by atoms with E-state index < -0.39 is 35.3 Å². The van der Waals surface area contributed by atoms with E-state index in [2.05, 4.69) is 10.4 Å². The summed E-state index contributed by atoms with van der Waals surface area (Å²) in [6, 6.07) is 8.65. The number of carbonyl (C=O) groups excluding carboxylic acids is 3. The summed E-state index contributed by atoms with van der Waals surface area (Å²) in [5.41, 5.74) is -0.650. The van der Waals surface area contributed by atoms with E-state index in [4.69, 9.17) is 9.47 Å². The van der Waals surface area contributed by atoms with Gasteiger partial charge in [0, 0.05) is 37.8 Å². The lowest BCUT2D eigenvalue weighted by atomic mass is 10.1. The van der Waals surface area contributed by atoms with Gasteiger partial charge in [0.15, 0.2) is 5.69 Å². The highest BCUT2D eigenvalue weighted by atomic mass is 19.4. The predicted molar refractivity (Wildman–Crippen MR) is 140 cm³/mol. The summed E-state index contributed by atoms with van der Waals surface area (Å²) in [5.74, 6) is -1.73. The first-order valence-corrected chi connectivity index (χ1v) is 12.1. The van der Waals surface area contributed by atoms with Crippen LogP contribution in [-0.4, -0.2) is 66.8 Å². The van der Waals surface area contributed by atoms with Crippen LogP contribution < -0.4 is 19.7 Å². The third kappa shape index (κ3) is 5.65. The van der Waals surface area contributed by atoms with Crippen LogP contribution in [-0.2, 0) is 11.0 Å². The van der Waals surface area contributed by atoms with Crippen molar-refractivity contribution in [2.24, 2.45) is 0 Å². The number of benzene rings is 2. The van der Waals surface area contributed by atoms with Crippen molar-refractivity contribution in [1.82, 2.24) is 14.7 Å². The fourth-order valence-corrected chi connectivity index (χ4v) is 4.46. The number of nitriles is 1. The number of methoxy groups -OCH3 is 2. The molecule has 0 fully saturated rings. The van der Waals surface area contributed by atoms with Crippen LogP contribution in [0.3, 0.4) is 0 Å². The standard InChI is InChI=1S/C27H25F3N6O5/c1-15(37)34(2)13-19-14-35(18-6-7-20(27(28,29)30)23(10-18)41-4)26(39)24-21(12-32-36(19)24)33-25(38)16-5-8-22(40-3)17(9-16)11-31/h5-10,12,19H,13-14H2,1-4H3,(H,33,38). The van der Waals surface area contributed by atoms with Crippen LogP contribution in [0.1, 0.15) is 44.9 Å². The molecule has 0 aliphatic carbocycles. The van der Waals surface area contributed by atoms with E-state index in [0.29, 0.717) is 0 Å². The summed E-state index contributed by atoms with van der Waals surface area (Å²) >= 11 is 0. The van der Waals surface area contributed by atoms with Gasteiger partial charge in [0.25, 0.3) is 11.8 Å². The molecule has 3 amide bonds. The Morgan fingerprint density at radius 2 is 1.88 bits per heavy atom. The molecule has 1 aliphatic rings. The number of alkyl halides is 3. The summed E-state index contributed by atoms with van der Waals surface area (Å²) in [4.78, 5) is 41.5. The number of amides is 3. The first kappa shape index (κ1) is 28.9. The number of rotatable bonds is 7. The summed E-state index contributed by atoms with van der Waals surface area (Å²) in [6.07, 6.45) is -3.40. The van der Waals surface area contributed by atoms with Crippen molar-refractivity contribution < 1.29 is 37.0 Å². The second-order valence-electron chi connectivity index (χ2n) is 9.18. The average Bonchev–Trinajstić information content (AvgIpc) is 3.37. The van der Waals surface area contributed by atoms with Crippen LogP contribution in [0.2, 0.25) is 0 Å². The van der Waals surface area contributed by atoms with Gasteiger partial charge >= 0.3 is 6.18 Å². The van der Waals surface area contributed by atoms with Crippen LogP contribution in [0.5, 0.6) is 11.5 Å². The highest BCUT2D eigenvalue weighted by Gasteiger charge is 2.39. The van der Waals surface area contributed by atoms with Gasteiger partial charge < -0.3 is 24.6 Å². The number of hydrogen-bond donors (Lipinski definition) is 1. The predicted octanol–water partition coefficient (Wildman–Crippen LogP) is 3.72. The third-order valence-electron chi connectivity index (χ3n) is 6.64. The largest absolute Gasteiger partial charge is 0.496 e. The van der Waals surface area contributed by atoms with E-state index in [1.807, 2.05) is 6.07 Å². The van der Waals surface area contributed by atoms with Crippen LogP contribution >= 0.6 is 0 Å². The number of anilines is 2. The van der Waals surface area contributed by atoms with Gasteiger partial charge in [-0.3, -0.25) is 19.1 Å². The van der Waals surface area contributed by atoms with Gasteiger partial charge in [-0.15, -0.1) is 0 Å². The highest BCUT2D eigenvalue weighted by Crippen LogP contribution is 2.39. The van der Waals surface area contributed by atoms with Crippen molar-refractivity contribution in [2.45, 2.75) is 19.1 Å². The molecular formula is C27H25F3N6O5. The number of aromatic nitrogens is 2. The minimum absolute atomic E-state index is 0.0307. The molecule has 1 unspecified atom stereocenters. The Labute approximate surface area is 232 Å². The van der Waals surface area contributed by atoms with Gasteiger partial charge in [-0.2, -0.15) is 23.5 Å². The molecule has 41 heavy (non-hydrogen) atoms. The van der Waals surface area contributed by atoms with Crippen LogP contribution in [0, 0.1) is 11.3 Å². The van der Waals surface area contributed by atoms with E-state index in [0.717, 1.165) is 25.3 Å². The normalized spacial score (nSPS) is 14.6. The second-order valence-corrected chi connectivity index (χ2v) is 9.18. The number of carbonyl (C=O) groups is 3. The Kier molecular flexibility index (Phi) is 7.91. The first-order valence-electron chi connectivity index (χ1n) is 12.1. The second kappa shape index (κ2) is 11.2. The van der Waals surface area contributed by atoms with Crippen LogP contribution in [0.4, 0.5) is 24.5 Å². The summed E-state index contributed by atoms with van der Waals surface area (Å²) in [5, 5.41) is 16.3. The Bertz CT molecular complexity index is 1560. The fourth-order valence-electron chi connectivity index (χ4n) is 4.46. The molecule has 0 spiro atoms. The van der Waals surface area contributed by atoms with Crippen molar-refractivity contribution in [3.63, 3.8) is 0 Å². The van der Waals surface area contributed by atoms with Crippen molar-refractivity contribution >= 4 is 29.1 Å². The maximum atomic E-state index is 13.8. The molecule has 3 aromatic rings. The summed E-state index contributed by atoms with van der Waals surface area (Å²) in [7, 11) is 4.04. The number of fused-ring (bicyclic) bond motifs is 1. The number of nitrogens with one attached hydrogen (secondary N) is 1. The Morgan fingerprint density at radius 3 is 2.49 bits per heavy atom. The smallest absolute Gasteiger partial charge is 0.419 e. The summed E-state index contributed by atoms with van der Waals surface area (Å²) in [6.45, 7) is 1.45. The maximum Gasteiger partial charge on any atom is 0.419 e. The molecule has 214 valence electrons. The minimum Gasteiger partial charge on any atom is -0.496 e. The number of ether oxygens (including phenoxy) is 2. The molecule has 1 aromatic heterocycles. The Balaban J connectivity index is 1.75. The molecule has 1 N–H and O–H groups in total. The third-order valence-corrected chi connectivity index (χ3v) is 6.64. The van der Waals surface area contributed by atoms with E-state index in [9.17, 15) is 32.8 Å². The monoisotopic (exact) mass is 570 g/mol. The summed E-state index contributed by atoms with van der Waals surface area (Å²) < 4.78 is 51.8. The van der Waals surface area contributed by atoms with Crippen molar-refractivity contribution in [2.75, 3.05) is 44.6 Å². The van der Waals surface area contributed by atoms with Crippen molar-refractivity contribution in [3.8, 4) is 17.6 Å². The zero-order valence-corrected chi connectivity index (χ0v) is 22.4. The molecule has 0 bridgehead atoms. The molecule has 11 nitrogen and oxygen atoms in total. The molecule has 14 heteroatoms. The molecule has 0 radical (unpaired) electrons. The van der Waals surface area contributed by atoms with E-state index in [-0.39, 0.29) is 52.9 Å². The van der Waals surface area contributed by atoms with Gasteiger partial charge in [0.05, 0.1) is 49.8 Å². The molecule has 0 saturated heterocycles. The number of halogens is 3. The minimum atomic E-state index is -4.68. The van der Waals surface area contributed by atoms with Crippen molar-refractivity contribution in [1.29, 1.82) is 5.26 Å². The molecule has 1 atom stereocenters. The molecular weight excluding hydrogens is 545 g/mol. The van der Waals surface area contributed by atoms with Gasteiger partial charge in [-0.25, -0.2) is 0 Å². The van der Waals surface area contributed by atoms with Crippen molar-refractivity contribution in [3.05, 3.63) is 65.0 Å². The Morgan fingerprint density at radius 1 is 1.17 bits per heavy atom. The number of likely N-dealkylation sites (N-methyl/N-ethyl adjacent to an activating group) is 1.